The van der Waals surface area contributed by atoms with E-state index in [2.05, 4.69) is 81.1 Å². The Balaban J connectivity index is 1.47. The molecule has 40 heteroatoms. The molecule has 0 saturated carbocycles. The van der Waals surface area contributed by atoms with Gasteiger partial charge in [-0.05, 0) is 91.7 Å². The number of para-hydroxylation sites is 1. The van der Waals surface area contributed by atoms with Crippen molar-refractivity contribution in [1.82, 2.24) is 20.1 Å². The van der Waals surface area contributed by atoms with Crippen LogP contribution < -0.4 is 11.1 Å². The summed E-state index contributed by atoms with van der Waals surface area (Å²) in [4.78, 5) is 95.8. The summed E-state index contributed by atoms with van der Waals surface area (Å²) in [6.07, 6.45) is -0.870. The number of nitrogens with two attached hydrogens (primary N) is 1. The molecular formula is C74H102BrN19O19S. The average molecular weight is 1670 g/mol. The second-order valence-electron chi connectivity index (χ2n) is 28.2. The van der Waals surface area contributed by atoms with E-state index in [0.29, 0.717) is 40.4 Å². The van der Waals surface area contributed by atoms with Gasteiger partial charge < -0.3 is 92.2 Å². The lowest BCUT2D eigenvalue weighted by Crippen LogP contribution is -2.49. The number of halogens is 1. The van der Waals surface area contributed by atoms with E-state index in [9.17, 15) is 88.9 Å². The van der Waals surface area contributed by atoms with Crippen LogP contribution in [0.3, 0.4) is 0 Å². The molecule has 0 bridgehead atoms. The Morgan fingerprint density at radius 3 is 1.98 bits per heavy atom. The van der Waals surface area contributed by atoms with Crippen molar-refractivity contribution in [2.24, 2.45) is 78.4 Å². The maximum Gasteiger partial charge on any atom is 0.267 e. The van der Waals surface area contributed by atoms with Gasteiger partial charge in [0.05, 0.1) is 6.42 Å². The number of nitrogens with zero attached hydrogens (tertiary/aromatic N) is 13. The number of aliphatic imine (C=N–C) groups is 11. The minimum Gasteiger partial charge on any atom is -0.499 e. The summed E-state index contributed by atoms with van der Waals surface area (Å²) in [6, 6.07) is 3.31. The number of Topliss-reactive ketones (excluding diaryl/α,β-unsaturated/α-hetero) is 1. The Bertz CT molecular complexity index is 4490. The Morgan fingerprint density at radius 1 is 0.737 bits per heavy atom. The van der Waals surface area contributed by atoms with Gasteiger partial charge in [-0.2, -0.15) is 8.42 Å². The van der Waals surface area contributed by atoms with Crippen LogP contribution >= 0.6 is 15.9 Å². The maximum absolute atomic E-state index is 15.2. The van der Waals surface area contributed by atoms with Crippen LogP contribution in [0.2, 0.25) is 0 Å². The van der Waals surface area contributed by atoms with Crippen LogP contribution in [-0.2, 0) is 43.8 Å². The molecule has 4 aromatic rings. The number of ketones is 1. The van der Waals surface area contributed by atoms with E-state index in [1.165, 1.54) is 18.7 Å². The number of hydrogen-bond acceptors (Lipinski definition) is 19. The normalized spacial score (nSPS) is 21.4. The standard InChI is InChI=1S/C74H102BrN19O19S/c1-38(2)60(91-71(108)61(39(3)4)90-69(106)55-20-14-28-94(55)72(109)52(88-63(100)41(6)83-37-95)31-43-21-23-45(75)24-22-43)70(107)87-51(32-44-34-81-47-18-12-11-17-46(44)47)66(103)85-48(19-13-27-80-74(78)79)65(102)89-53(36-114(111,112)113)67(104)92-62-40(5)29-56(96)49(33-58(77)98)84-59(99)35-82-64(101)50(30-42-15-9-8-10-16-42)86-68(105)54(25-26-57(76)97)93(7)73(62)110/h8-12,15-18,21-24,34,37-41,48-55,60-62,81H,13-14,19-20,25-33,35-36H2,1-7H3,(H2,76,97)(H2,77,98)(H,82,101)(H,83,95)(H,84,99)(H,85,103)(H,86,105)(H,87,107)(H,88,100)(H,89,102)(H,90,106)(H,91,108)(H,92,104)(H4,78,79,80)(H,111,112,113)/t40-,41-,48+,49-,50-,51-,52+,53-,54+,55+,60+,61-,62+/m1/s1. The van der Waals surface area contributed by atoms with Crippen molar-refractivity contribution >= 4 is 138 Å². The number of fused-ring (bicyclic) bond motifs is 1. The first-order valence-electron chi connectivity index (χ1n) is 36.5. The molecule has 1 aromatic heterocycles. The second kappa shape index (κ2) is 43.0. The maximum atomic E-state index is 15.2. The third-order valence-corrected chi connectivity index (χ3v) is 19.9. The predicted octanol–water partition coefficient (Wildman–Crippen LogP) is 7.95. The van der Waals surface area contributed by atoms with Gasteiger partial charge in [0.1, 0.15) is 84.8 Å². The van der Waals surface area contributed by atoms with Gasteiger partial charge in [0, 0.05) is 73.8 Å². The largest absolute Gasteiger partial charge is 0.499 e. The molecular weight excluding hydrogens is 1570 g/mol. The summed E-state index contributed by atoms with van der Waals surface area (Å²) < 4.78 is 37.3. The highest BCUT2D eigenvalue weighted by molar-refractivity contribution is 9.10. The summed E-state index contributed by atoms with van der Waals surface area (Å²) in [7, 11) is -4.24. The third kappa shape index (κ3) is 27.8. The second-order valence-corrected chi connectivity index (χ2v) is 30.6. The van der Waals surface area contributed by atoms with Gasteiger partial charge in [0.25, 0.3) is 10.1 Å². The highest BCUT2D eigenvalue weighted by Crippen LogP contribution is 2.28. The smallest absolute Gasteiger partial charge is 0.267 e. The molecule has 0 radical (unpaired) electrons. The molecule has 1 saturated heterocycles. The van der Waals surface area contributed by atoms with Gasteiger partial charge in [-0.3, -0.25) is 35.2 Å². The molecule has 3 heterocycles. The van der Waals surface area contributed by atoms with Crippen molar-refractivity contribution < 1.29 is 93.7 Å². The average Bonchev–Trinajstić information content (AvgIpc) is 1.31. The lowest BCUT2D eigenvalue weighted by atomic mass is 9.91. The number of likely N-dealkylation sites (N-methyl/N-ethyl adjacent to an activating group) is 1. The number of hydrogen-bond donors (Lipinski definition) is 20. The topological polar surface area (TPSA) is 636 Å². The Kier molecular flexibility index (Phi) is 34.5. The third-order valence-electron chi connectivity index (χ3n) is 18.6. The Morgan fingerprint density at radius 2 is 1.35 bits per heavy atom. The molecule has 0 unspecified atom stereocenters. The number of nitrogens with one attached hydrogen (secondary N) is 5. The van der Waals surface area contributed by atoms with E-state index in [1.54, 1.807) is 113 Å². The van der Waals surface area contributed by atoms with Gasteiger partial charge in [-0.15, -0.1) is 0 Å². The molecule has 2 amide bonds. The molecule has 6 rings (SSSR count). The predicted molar refractivity (Wildman–Crippen MR) is 440 cm³/mol. The number of carbonyl (C=O) groups is 3. The summed E-state index contributed by atoms with van der Waals surface area (Å²) in [6.45, 7) is 8.47. The zero-order valence-electron chi connectivity index (χ0n) is 63.9. The van der Waals surface area contributed by atoms with Crippen LogP contribution in [0.25, 0.3) is 10.9 Å². The first kappa shape index (κ1) is 91.5. The number of H-pyrrole nitrogens is 1. The number of amides is 2. The first-order chi connectivity index (χ1) is 53.7. The van der Waals surface area contributed by atoms with Crippen molar-refractivity contribution in [2.45, 2.75) is 185 Å². The summed E-state index contributed by atoms with van der Waals surface area (Å²) in [5.74, 6) is -18.5. The van der Waals surface area contributed by atoms with Crippen LogP contribution in [0.15, 0.2) is 144 Å². The van der Waals surface area contributed by atoms with Crippen LogP contribution in [-0.4, -0.2) is 300 Å². The number of aliphatic hydroxyl groups is 13. The van der Waals surface area contributed by atoms with E-state index in [1.807, 2.05) is 0 Å². The van der Waals surface area contributed by atoms with E-state index >= 15 is 4.79 Å². The van der Waals surface area contributed by atoms with Gasteiger partial charge in [-0.1, -0.05) is 111 Å². The van der Waals surface area contributed by atoms with Gasteiger partial charge in [0.15, 0.2) is 29.9 Å². The molecule has 0 aliphatic carbocycles. The highest BCUT2D eigenvalue weighted by Gasteiger charge is 2.41. The van der Waals surface area contributed by atoms with E-state index in [-0.39, 0.29) is 51.6 Å². The van der Waals surface area contributed by atoms with E-state index in [0.717, 1.165) is 16.4 Å². The quantitative estimate of drug-likeness (QED) is 0.00898. The zero-order valence-corrected chi connectivity index (χ0v) is 66.3. The minimum atomic E-state index is -5.34. The van der Waals surface area contributed by atoms with Gasteiger partial charge in [0.2, 0.25) is 70.8 Å². The molecule has 3 aromatic carbocycles. The molecule has 21 N–H and O–H groups in total. The lowest BCUT2D eigenvalue weighted by Gasteiger charge is -2.32. The molecule has 2 aliphatic heterocycles. The molecule has 620 valence electrons. The van der Waals surface area contributed by atoms with Crippen LogP contribution in [0.1, 0.15) is 110 Å². The Labute approximate surface area is 666 Å². The number of aromatic amines is 1. The Hall–Kier alpha value is -11.4. The monoisotopic (exact) mass is 1670 g/mol. The molecule has 0 spiro atoms. The summed E-state index contributed by atoms with van der Waals surface area (Å²) in [5.41, 5.74) is 7.90. The first-order valence-corrected chi connectivity index (χ1v) is 38.9. The van der Waals surface area contributed by atoms with Crippen LogP contribution in [0.5, 0.6) is 0 Å². The summed E-state index contributed by atoms with van der Waals surface area (Å²) >= 11 is 3.40. The molecule has 13 atom stereocenters. The number of aliphatic hydroxyl groups excluding tert-OH is 13. The van der Waals surface area contributed by atoms with Crippen molar-refractivity contribution in [3.05, 3.63) is 106 Å². The fourth-order valence-corrected chi connectivity index (χ4v) is 13.4. The lowest BCUT2D eigenvalue weighted by molar-refractivity contribution is -0.134. The number of guanidine groups is 1. The van der Waals surface area contributed by atoms with E-state index in [4.69, 9.17) is 22.0 Å². The van der Waals surface area contributed by atoms with Crippen molar-refractivity contribution in [1.29, 1.82) is 16.2 Å². The highest BCUT2D eigenvalue weighted by atomic mass is 79.9. The van der Waals surface area contributed by atoms with Gasteiger partial charge >= 0.3 is 0 Å². The number of aromatic nitrogens is 1. The molecule has 38 nitrogen and oxygen atoms in total. The number of benzene rings is 3. The number of carbonyl (C=O) groups excluding carboxylic acids is 3. The fraction of sp³-hybridized carbons (Fsp3) is 0.500. The molecule has 114 heavy (non-hydrogen) atoms. The fourth-order valence-electron chi connectivity index (χ4n) is 12.5. The zero-order chi connectivity index (χ0) is 84.4. The number of rotatable bonds is 35. The molecule has 2 aliphatic rings. The summed E-state index contributed by atoms with van der Waals surface area (Å²) in [5, 5.41) is 174. The molecule has 1 fully saturated rings. The minimum absolute atomic E-state index is 0.0107. The van der Waals surface area contributed by atoms with Crippen molar-refractivity contribution in [3.63, 3.8) is 0 Å². The SMILES string of the molecule is CC(C)[C@H](N=C(O)[C@H](N=C(O)[C@@H]1CCCN1C(=O)[C@H](Cc1ccc(Br)cc1)N=C(O)[C@@H](C)N=CO)C(C)C)C(O)=N[C@H](Cc1c[nH]c2ccccc12)C(O)=N[C@@H](CCCNC(=N)N)C(O)=N[C@H](CS(=O)(=O)O)C(O)=N[C@@H]1C(=O)N(C)[C@@H](CCC(=N)O)C(O)=N[C@H](Cc2ccccc2)C(O)=NCC(O)=N[C@H](CC(=N)O)C(=O)C[C@H]1C. The number of likely N-dealkylation sites (tertiary alicyclic amines) is 1. The van der Waals surface area contributed by atoms with E-state index < -0.39 is 233 Å². The van der Waals surface area contributed by atoms with Crippen molar-refractivity contribution in [2.75, 3.05) is 32.4 Å². The van der Waals surface area contributed by atoms with Crippen LogP contribution in [0.4, 0.5) is 0 Å². The van der Waals surface area contributed by atoms with Gasteiger partial charge in [-0.25, -0.2) is 54.9 Å². The van der Waals surface area contributed by atoms with Crippen LogP contribution in [0, 0.1) is 34.0 Å². The van der Waals surface area contributed by atoms with Crippen molar-refractivity contribution in [3.8, 4) is 0 Å².